The SMILES string of the molecule is Cl.O=C(N[C@@H]1CCCNC[C@H]1NC(=O)c1ccncn1)c1ccc(C(=O)c2c(O)cc3cccnc3c2F)cc1. The Balaban J connectivity index is 0.00000370. The number of phenols is 1. The minimum absolute atomic E-state index is 0. The van der Waals surface area contributed by atoms with Crippen molar-refractivity contribution in [3.05, 3.63) is 95.5 Å². The number of carbonyl (C=O) groups is 3. The number of rotatable bonds is 6. The summed E-state index contributed by atoms with van der Waals surface area (Å²) in [6, 6.07) is 11.0. The molecule has 2 aromatic heterocycles. The number of hydrogen-bond acceptors (Lipinski definition) is 8. The molecule has 1 aliphatic rings. The monoisotopic (exact) mass is 564 g/mol. The number of nitrogens with one attached hydrogen (secondary N) is 3. The number of aromatic nitrogens is 3. The van der Waals surface area contributed by atoms with E-state index in [9.17, 15) is 19.5 Å². The predicted molar refractivity (Wildman–Crippen MR) is 147 cm³/mol. The molecule has 40 heavy (non-hydrogen) atoms. The van der Waals surface area contributed by atoms with E-state index >= 15 is 4.39 Å². The number of hydrogen-bond donors (Lipinski definition) is 4. The van der Waals surface area contributed by atoms with Crippen molar-refractivity contribution in [3.8, 4) is 5.75 Å². The van der Waals surface area contributed by atoms with Crippen LogP contribution in [0.4, 0.5) is 4.39 Å². The van der Waals surface area contributed by atoms with Gasteiger partial charge in [0.05, 0.1) is 12.1 Å². The molecule has 0 spiro atoms. The molecule has 0 saturated carbocycles. The number of aromatic hydroxyl groups is 1. The van der Waals surface area contributed by atoms with E-state index in [4.69, 9.17) is 0 Å². The fourth-order valence-electron chi connectivity index (χ4n) is 4.59. The van der Waals surface area contributed by atoms with Crippen molar-refractivity contribution in [1.29, 1.82) is 0 Å². The Morgan fingerprint density at radius 1 is 0.950 bits per heavy atom. The van der Waals surface area contributed by atoms with Crippen molar-refractivity contribution >= 4 is 40.9 Å². The standard InChI is InChI=1S/C28H25FN6O4.ClH/c29-24-23(22(36)13-18-3-1-11-32-25(18)24)26(37)16-5-7-17(8-6-16)27(38)34-19-4-2-10-30-14-21(19)35-28(39)20-9-12-31-15-33-20;/h1,3,5-9,11-13,15,19,21,30,36H,2,4,10,14H2,(H,34,38)(H,35,39);1H/t19-,21-;/m1./s1. The van der Waals surface area contributed by atoms with Gasteiger partial charge < -0.3 is 21.1 Å². The van der Waals surface area contributed by atoms with Crippen molar-refractivity contribution in [2.24, 2.45) is 0 Å². The van der Waals surface area contributed by atoms with Crippen LogP contribution in [0.2, 0.25) is 0 Å². The summed E-state index contributed by atoms with van der Waals surface area (Å²) < 4.78 is 15.1. The summed E-state index contributed by atoms with van der Waals surface area (Å²) in [5.74, 6) is -2.88. The molecule has 206 valence electrons. The second-order valence-corrected chi connectivity index (χ2v) is 9.17. The van der Waals surface area contributed by atoms with E-state index in [0.717, 1.165) is 13.0 Å². The van der Waals surface area contributed by atoms with Crippen molar-refractivity contribution in [2.45, 2.75) is 24.9 Å². The topological polar surface area (TPSA) is 146 Å². The maximum atomic E-state index is 15.1. The molecule has 2 atom stereocenters. The van der Waals surface area contributed by atoms with Crippen molar-refractivity contribution < 1.29 is 23.9 Å². The Kier molecular flexibility index (Phi) is 8.97. The molecule has 0 radical (unpaired) electrons. The molecule has 5 rings (SSSR count). The van der Waals surface area contributed by atoms with Gasteiger partial charge in [-0.1, -0.05) is 18.2 Å². The van der Waals surface area contributed by atoms with E-state index in [0.29, 0.717) is 18.4 Å². The van der Waals surface area contributed by atoms with Crippen molar-refractivity contribution in [3.63, 3.8) is 0 Å². The third-order valence-electron chi connectivity index (χ3n) is 6.62. The van der Waals surface area contributed by atoms with Gasteiger partial charge in [0, 0.05) is 35.5 Å². The van der Waals surface area contributed by atoms with Crippen LogP contribution in [0.25, 0.3) is 10.9 Å². The number of carbonyl (C=O) groups excluding carboxylic acids is 3. The molecule has 1 aliphatic heterocycles. The Bertz CT molecular complexity index is 1540. The lowest BCUT2D eigenvalue weighted by molar-refractivity contribution is 0.0880. The molecular formula is C28H26ClFN6O4. The molecule has 0 aliphatic carbocycles. The second-order valence-electron chi connectivity index (χ2n) is 9.17. The fraction of sp³-hybridized carbons (Fsp3) is 0.214. The molecule has 2 amide bonds. The van der Waals surface area contributed by atoms with Gasteiger partial charge in [0.1, 0.15) is 28.9 Å². The van der Waals surface area contributed by atoms with E-state index in [1.54, 1.807) is 12.1 Å². The number of fused-ring (bicyclic) bond motifs is 1. The molecule has 12 heteroatoms. The molecule has 0 unspecified atom stereocenters. The van der Waals surface area contributed by atoms with Crippen molar-refractivity contribution in [2.75, 3.05) is 13.1 Å². The fourth-order valence-corrected chi connectivity index (χ4v) is 4.59. The van der Waals surface area contributed by atoms with Gasteiger partial charge >= 0.3 is 0 Å². The molecular weight excluding hydrogens is 539 g/mol. The number of benzene rings is 2. The number of ketones is 1. The summed E-state index contributed by atoms with van der Waals surface area (Å²) in [5.41, 5.74) is 0.115. The smallest absolute Gasteiger partial charge is 0.270 e. The quantitative estimate of drug-likeness (QED) is 0.262. The molecule has 1 saturated heterocycles. The summed E-state index contributed by atoms with van der Waals surface area (Å²) in [6.07, 6.45) is 5.61. The number of pyridine rings is 1. The van der Waals surface area contributed by atoms with Crippen LogP contribution < -0.4 is 16.0 Å². The Labute approximate surface area is 234 Å². The van der Waals surface area contributed by atoms with Gasteiger partial charge in [0.2, 0.25) is 0 Å². The van der Waals surface area contributed by atoms with Gasteiger partial charge in [-0.2, -0.15) is 0 Å². The summed E-state index contributed by atoms with van der Waals surface area (Å²) in [7, 11) is 0. The van der Waals surface area contributed by atoms with E-state index in [-0.39, 0.29) is 58.6 Å². The zero-order chi connectivity index (χ0) is 27.4. The molecule has 10 nitrogen and oxygen atoms in total. The molecule has 2 aromatic carbocycles. The van der Waals surface area contributed by atoms with Crippen LogP contribution in [0.1, 0.15) is 49.6 Å². The minimum Gasteiger partial charge on any atom is -0.507 e. The van der Waals surface area contributed by atoms with Gasteiger partial charge in [0.15, 0.2) is 11.6 Å². The molecule has 4 N–H and O–H groups in total. The highest BCUT2D eigenvalue weighted by Gasteiger charge is 2.28. The average Bonchev–Trinajstić information content (AvgIpc) is 3.18. The third-order valence-corrected chi connectivity index (χ3v) is 6.62. The predicted octanol–water partition coefficient (Wildman–Crippen LogP) is 2.80. The molecule has 4 aromatic rings. The first-order chi connectivity index (χ1) is 18.9. The maximum absolute atomic E-state index is 15.1. The zero-order valence-electron chi connectivity index (χ0n) is 21.1. The van der Waals surface area contributed by atoms with Gasteiger partial charge in [-0.15, -0.1) is 12.4 Å². The van der Waals surface area contributed by atoms with Crippen LogP contribution in [0, 0.1) is 5.82 Å². The number of amides is 2. The lowest BCUT2D eigenvalue weighted by Gasteiger charge is -2.27. The highest BCUT2D eigenvalue weighted by atomic mass is 35.5. The second kappa shape index (κ2) is 12.6. The average molecular weight is 565 g/mol. The summed E-state index contributed by atoms with van der Waals surface area (Å²) in [6.45, 7) is 1.21. The first kappa shape index (κ1) is 28.5. The van der Waals surface area contributed by atoms with Gasteiger partial charge in [-0.3, -0.25) is 19.4 Å². The first-order valence-corrected chi connectivity index (χ1v) is 12.4. The van der Waals surface area contributed by atoms with Crippen molar-refractivity contribution in [1.82, 2.24) is 30.9 Å². The number of nitrogens with zero attached hydrogens (tertiary/aromatic N) is 3. The lowest BCUT2D eigenvalue weighted by atomic mass is 9.98. The van der Waals surface area contributed by atoms with Crippen LogP contribution in [0.15, 0.2) is 67.3 Å². The van der Waals surface area contributed by atoms with Crippen LogP contribution in [0.5, 0.6) is 5.75 Å². The zero-order valence-corrected chi connectivity index (χ0v) is 22.0. The van der Waals surface area contributed by atoms with E-state index in [1.165, 1.54) is 55.1 Å². The molecule has 1 fully saturated rings. The number of halogens is 2. The summed E-state index contributed by atoms with van der Waals surface area (Å²) in [5, 5.41) is 19.9. The van der Waals surface area contributed by atoms with Gasteiger partial charge in [0.25, 0.3) is 11.8 Å². The maximum Gasteiger partial charge on any atom is 0.270 e. The highest BCUT2D eigenvalue weighted by molar-refractivity contribution is 6.13. The van der Waals surface area contributed by atoms with Crippen LogP contribution >= 0.6 is 12.4 Å². The Morgan fingerprint density at radius 3 is 2.45 bits per heavy atom. The van der Waals surface area contributed by atoms with E-state index in [2.05, 4.69) is 30.9 Å². The highest BCUT2D eigenvalue weighted by Crippen LogP contribution is 2.30. The van der Waals surface area contributed by atoms with E-state index < -0.39 is 22.9 Å². The van der Waals surface area contributed by atoms with Crippen LogP contribution in [-0.4, -0.2) is 62.8 Å². The number of phenolic OH excluding ortho intramolecular Hbond substituents is 1. The van der Waals surface area contributed by atoms with Gasteiger partial charge in [-0.05, 0) is 49.7 Å². The van der Waals surface area contributed by atoms with Crippen LogP contribution in [-0.2, 0) is 0 Å². The van der Waals surface area contributed by atoms with Gasteiger partial charge in [-0.25, -0.2) is 14.4 Å². The lowest BCUT2D eigenvalue weighted by Crippen LogP contribution is -2.54. The Hall–Kier alpha value is -4.48. The Morgan fingerprint density at radius 2 is 1.70 bits per heavy atom. The van der Waals surface area contributed by atoms with Crippen LogP contribution in [0.3, 0.4) is 0 Å². The summed E-state index contributed by atoms with van der Waals surface area (Å²) >= 11 is 0. The summed E-state index contributed by atoms with van der Waals surface area (Å²) in [4.78, 5) is 50.5. The third kappa shape index (κ3) is 6.05. The minimum atomic E-state index is -0.908. The largest absolute Gasteiger partial charge is 0.507 e. The molecule has 0 bridgehead atoms. The normalized spacial score (nSPS) is 16.8. The van der Waals surface area contributed by atoms with E-state index in [1.807, 2.05) is 0 Å². The molecule has 3 heterocycles. The first-order valence-electron chi connectivity index (χ1n) is 12.4.